The standard InChI is InChI=1S/C7H9N5O3/c8-6-5(10-15-11-6)7-9-1-2-12(7)3-4(13)14/h1-3H2,(H2,8,11)(H,13,14). The normalized spacial score (nSPS) is 15.5. The molecule has 0 radical (unpaired) electrons. The van der Waals surface area contributed by atoms with Gasteiger partial charge in [-0.3, -0.25) is 9.79 Å². The van der Waals surface area contributed by atoms with E-state index in [2.05, 4.69) is 19.9 Å². The SMILES string of the molecule is Nc1nonc1C1=NCCN1CC(=O)O. The lowest BCUT2D eigenvalue weighted by Gasteiger charge is -2.15. The van der Waals surface area contributed by atoms with Gasteiger partial charge >= 0.3 is 5.97 Å². The fourth-order valence-corrected chi connectivity index (χ4v) is 1.37. The third kappa shape index (κ3) is 1.73. The lowest BCUT2D eigenvalue weighted by Crippen LogP contribution is -2.34. The molecule has 15 heavy (non-hydrogen) atoms. The average Bonchev–Trinajstić information content (AvgIpc) is 2.73. The van der Waals surface area contributed by atoms with Gasteiger partial charge < -0.3 is 15.7 Å². The summed E-state index contributed by atoms with van der Waals surface area (Å²) in [6.45, 7) is 0.925. The van der Waals surface area contributed by atoms with E-state index in [4.69, 9.17) is 10.8 Å². The van der Waals surface area contributed by atoms with Crippen LogP contribution >= 0.6 is 0 Å². The van der Waals surface area contributed by atoms with Crippen LogP contribution in [-0.4, -0.2) is 51.8 Å². The zero-order valence-electron chi connectivity index (χ0n) is 7.75. The summed E-state index contributed by atoms with van der Waals surface area (Å²) < 4.78 is 4.43. The number of hydrogen-bond acceptors (Lipinski definition) is 7. The van der Waals surface area contributed by atoms with Gasteiger partial charge in [0, 0.05) is 6.54 Å². The maximum Gasteiger partial charge on any atom is 0.323 e. The Hall–Kier alpha value is -2.12. The van der Waals surface area contributed by atoms with Crippen LogP contribution in [0.5, 0.6) is 0 Å². The van der Waals surface area contributed by atoms with Crippen molar-refractivity contribution in [1.82, 2.24) is 15.2 Å². The van der Waals surface area contributed by atoms with E-state index in [1.807, 2.05) is 0 Å². The van der Waals surface area contributed by atoms with Gasteiger partial charge in [0.1, 0.15) is 6.54 Å². The summed E-state index contributed by atoms with van der Waals surface area (Å²) in [5.74, 6) is -0.387. The number of carboxylic acid groups (broad SMARTS) is 1. The third-order valence-corrected chi connectivity index (χ3v) is 1.98. The predicted molar refractivity (Wildman–Crippen MR) is 49.3 cm³/mol. The molecule has 2 rings (SSSR count). The van der Waals surface area contributed by atoms with E-state index in [1.54, 1.807) is 4.90 Å². The van der Waals surface area contributed by atoms with Crippen LogP contribution in [0.1, 0.15) is 5.69 Å². The number of nitrogen functional groups attached to an aromatic ring is 1. The zero-order valence-corrected chi connectivity index (χ0v) is 7.75. The largest absolute Gasteiger partial charge is 0.480 e. The van der Waals surface area contributed by atoms with Gasteiger partial charge in [-0.25, -0.2) is 4.63 Å². The van der Waals surface area contributed by atoms with Crippen LogP contribution in [0.2, 0.25) is 0 Å². The van der Waals surface area contributed by atoms with E-state index in [9.17, 15) is 4.79 Å². The molecule has 80 valence electrons. The summed E-state index contributed by atoms with van der Waals surface area (Å²) in [6, 6.07) is 0. The minimum Gasteiger partial charge on any atom is -0.480 e. The van der Waals surface area contributed by atoms with E-state index in [1.165, 1.54) is 0 Å². The fourth-order valence-electron chi connectivity index (χ4n) is 1.37. The van der Waals surface area contributed by atoms with Gasteiger partial charge in [0.15, 0.2) is 17.3 Å². The van der Waals surface area contributed by atoms with Gasteiger partial charge in [-0.15, -0.1) is 0 Å². The number of aliphatic imine (C=N–C) groups is 1. The number of nitrogens with two attached hydrogens (primary N) is 1. The number of carboxylic acids is 1. The molecule has 0 saturated carbocycles. The Morgan fingerprint density at radius 1 is 1.60 bits per heavy atom. The molecule has 0 atom stereocenters. The van der Waals surface area contributed by atoms with E-state index < -0.39 is 5.97 Å². The Balaban J connectivity index is 2.22. The Morgan fingerprint density at radius 2 is 2.40 bits per heavy atom. The summed E-state index contributed by atoms with van der Waals surface area (Å²) in [7, 11) is 0. The summed E-state index contributed by atoms with van der Waals surface area (Å²) >= 11 is 0. The second-order valence-electron chi connectivity index (χ2n) is 3.02. The van der Waals surface area contributed by atoms with Crippen LogP contribution in [0, 0.1) is 0 Å². The molecule has 2 heterocycles. The first kappa shape index (κ1) is 9.44. The third-order valence-electron chi connectivity index (χ3n) is 1.98. The molecule has 0 bridgehead atoms. The van der Waals surface area contributed by atoms with Gasteiger partial charge in [-0.2, -0.15) is 0 Å². The minimum absolute atomic E-state index is 0.117. The molecule has 0 spiro atoms. The number of nitrogens with zero attached hydrogens (tertiary/aromatic N) is 4. The van der Waals surface area contributed by atoms with Crippen molar-refractivity contribution in [3.63, 3.8) is 0 Å². The number of carbonyl (C=O) groups is 1. The Kier molecular flexibility index (Phi) is 2.24. The first-order valence-corrected chi connectivity index (χ1v) is 4.28. The molecule has 1 aliphatic heterocycles. The number of hydrogen-bond donors (Lipinski definition) is 2. The monoisotopic (exact) mass is 211 g/mol. The highest BCUT2D eigenvalue weighted by Crippen LogP contribution is 2.13. The van der Waals surface area contributed by atoms with Crippen molar-refractivity contribution in [2.75, 3.05) is 25.4 Å². The van der Waals surface area contributed by atoms with Crippen molar-refractivity contribution < 1.29 is 14.5 Å². The molecule has 8 heteroatoms. The second kappa shape index (κ2) is 3.56. The highest BCUT2D eigenvalue weighted by molar-refractivity contribution is 6.02. The quantitative estimate of drug-likeness (QED) is 0.644. The van der Waals surface area contributed by atoms with E-state index in [0.717, 1.165) is 0 Å². The Labute approximate surface area is 84.3 Å². The minimum atomic E-state index is -0.931. The zero-order chi connectivity index (χ0) is 10.8. The van der Waals surface area contributed by atoms with Crippen molar-refractivity contribution in [3.8, 4) is 0 Å². The molecule has 1 aromatic rings. The van der Waals surface area contributed by atoms with Gasteiger partial charge in [-0.05, 0) is 10.3 Å². The van der Waals surface area contributed by atoms with E-state index >= 15 is 0 Å². The molecule has 0 amide bonds. The molecule has 0 unspecified atom stereocenters. The van der Waals surface area contributed by atoms with Crippen LogP contribution in [0.25, 0.3) is 0 Å². The van der Waals surface area contributed by atoms with Gasteiger partial charge in [0.2, 0.25) is 0 Å². The number of amidine groups is 1. The van der Waals surface area contributed by atoms with E-state index in [0.29, 0.717) is 24.6 Å². The van der Waals surface area contributed by atoms with Crippen LogP contribution in [0.4, 0.5) is 5.82 Å². The van der Waals surface area contributed by atoms with Crippen molar-refractivity contribution in [3.05, 3.63) is 5.69 Å². The lowest BCUT2D eigenvalue weighted by molar-refractivity contribution is -0.137. The van der Waals surface area contributed by atoms with Crippen molar-refractivity contribution >= 4 is 17.6 Å². The molecule has 3 N–H and O–H groups in total. The van der Waals surface area contributed by atoms with Crippen LogP contribution in [0.3, 0.4) is 0 Å². The molecule has 8 nitrogen and oxygen atoms in total. The summed E-state index contributed by atoms with van der Waals surface area (Å²) in [4.78, 5) is 16.2. The maximum atomic E-state index is 10.6. The molecule has 0 aliphatic carbocycles. The van der Waals surface area contributed by atoms with Gasteiger partial charge in [0.25, 0.3) is 0 Å². The van der Waals surface area contributed by atoms with E-state index in [-0.39, 0.29) is 12.4 Å². The van der Waals surface area contributed by atoms with Crippen LogP contribution in [-0.2, 0) is 4.79 Å². The van der Waals surface area contributed by atoms with Crippen molar-refractivity contribution in [2.24, 2.45) is 4.99 Å². The Morgan fingerprint density at radius 3 is 3.00 bits per heavy atom. The Bertz CT molecular complexity index is 413. The maximum absolute atomic E-state index is 10.6. The van der Waals surface area contributed by atoms with Gasteiger partial charge in [0.05, 0.1) is 6.54 Å². The summed E-state index contributed by atoms with van der Waals surface area (Å²) in [5, 5.41) is 15.7. The molecule has 0 saturated heterocycles. The van der Waals surface area contributed by atoms with Crippen LogP contribution in [0.15, 0.2) is 9.62 Å². The van der Waals surface area contributed by atoms with Crippen LogP contribution < -0.4 is 5.73 Å². The molecule has 0 fully saturated rings. The lowest BCUT2D eigenvalue weighted by atomic mass is 10.3. The molecule has 1 aromatic heterocycles. The number of aromatic nitrogens is 2. The molecular weight excluding hydrogens is 202 g/mol. The number of rotatable bonds is 3. The average molecular weight is 211 g/mol. The highest BCUT2D eigenvalue weighted by Gasteiger charge is 2.25. The fraction of sp³-hybridized carbons (Fsp3) is 0.429. The van der Waals surface area contributed by atoms with Crippen molar-refractivity contribution in [1.29, 1.82) is 0 Å². The summed E-state index contributed by atoms with van der Waals surface area (Å²) in [5.41, 5.74) is 5.79. The second-order valence-corrected chi connectivity index (χ2v) is 3.02. The van der Waals surface area contributed by atoms with Gasteiger partial charge in [-0.1, -0.05) is 0 Å². The number of anilines is 1. The molecule has 0 aromatic carbocycles. The van der Waals surface area contributed by atoms with Crippen molar-refractivity contribution in [2.45, 2.75) is 0 Å². The predicted octanol–water partition coefficient (Wildman–Crippen LogP) is -1.20. The first-order valence-electron chi connectivity index (χ1n) is 4.28. The molecule has 1 aliphatic rings. The molecular formula is C7H9N5O3. The number of aliphatic carboxylic acids is 1. The first-order chi connectivity index (χ1) is 7.18. The highest BCUT2D eigenvalue weighted by atomic mass is 16.6. The smallest absolute Gasteiger partial charge is 0.323 e. The summed E-state index contributed by atoms with van der Waals surface area (Å²) in [6.07, 6.45) is 0. The topological polar surface area (TPSA) is 118 Å².